The van der Waals surface area contributed by atoms with Gasteiger partial charge in [-0.25, -0.2) is 0 Å². The van der Waals surface area contributed by atoms with Crippen LogP contribution in [0.4, 0.5) is 0 Å². The van der Waals surface area contributed by atoms with Crippen LogP contribution in [-0.4, -0.2) is 12.2 Å². The van der Waals surface area contributed by atoms with Crippen LogP contribution in [0.1, 0.15) is 0 Å². The third kappa shape index (κ3) is 1.77. The molecule has 76 valence electrons. The Hall–Kier alpha value is -1.30. The molecule has 0 aliphatic heterocycles. The predicted octanol–water partition coefficient (Wildman–Crippen LogP) is 3.63. The van der Waals surface area contributed by atoms with Gasteiger partial charge in [0.05, 0.1) is 0 Å². The number of hydrogen-bond acceptors (Lipinski definition) is 1. The van der Waals surface area contributed by atoms with Gasteiger partial charge < -0.3 is 5.11 Å². The summed E-state index contributed by atoms with van der Waals surface area (Å²) in [5.74, 6) is 0. The van der Waals surface area contributed by atoms with Gasteiger partial charge in [-0.05, 0) is 21.0 Å². The van der Waals surface area contributed by atoms with E-state index in [4.69, 9.17) is 5.11 Å². The molecule has 0 aliphatic carbocycles. The van der Waals surface area contributed by atoms with E-state index in [0.717, 1.165) is 15.3 Å². The van der Waals surface area contributed by atoms with E-state index in [-0.39, 0.29) is 0 Å². The van der Waals surface area contributed by atoms with Crippen LogP contribution >= 0.6 is 8.19 Å². The first kappa shape index (κ1) is 10.2. The highest BCUT2D eigenvalue weighted by Crippen LogP contribution is 2.36. The highest BCUT2D eigenvalue weighted by Gasteiger charge is 1.99. The Morgan fingerprint density at radius 2 is 1.13 bits per heavy atom. The zero-order chi connectivity index (χ0) is 10.7. The summed E-state index contributed by atoms with van der Waals surface area (Å²) in [6, 6.07) is 17.4. The largest absolute Gasteiger partial charge is 0.400 e. The Morgan fingerprint density at radius 3 is 1.60 bits per heavy atom. The average Bonchev–Trinajstić information content (AvgIpc) is 2.70. The van der Waals surface area contributed by atoms with Crippen LogP contribution < -0.4 is 0 Å². The van der Waals surface area contributed by atoms with E-state index < -0.39 is 0 Å². The fraction of sp³-hybridized carbons (Fsp3) is 0.0769. The maximum Gasteiger partial charge on any atom is 0.0319 e. The van der Waals surface area contributed by atoms with Crippen LogP contribution in [0.3, 0.4) is 0 Å². The number of rotatable bonds is 0. The van der Waals surface area contributed by atoms with Gasteiger partial charge in [-0.1, -0.05) is 48.5 Å². The van der Waals surface area contributed by atoms with E-state index in [0.29, 0.717) is 0 Å². The zero-order valence-electron chi connectivity index (χ0n) is 8.57. The molecule has 0 saturated heterocycles. The molecule has 1 N–H and O–H groups in total. The van der Waals surface area contributed by atoms with Crippen molar-refractivity contribution in [3.63, 3.8) is 0 Å². The lowest BCUT2D eigenvalue weighted by atomic mass is 10.2. The Morgan fingerprint density at radius 1 is 0.733 bits per heavy atom. The minimum Gasteiger partial charge on any atom is -0.400 e. The van der Waals surface area contributed by atoms with Crippen molar-refractivity contribution in [3.05, 3.63) is 48.5 Å². The topological polar surface area (TPSA) is 20.2 Å². The fourth-order valence-electron chi connectivity index (χ4n) is 1.80. The summed E-state index contributed by atoms with van der Waals surface area (Å²) in [7, 11) is 1.85. The maximum atomic E-state index is 7.00. The van der Waals surface area contributed by atoms with Gasteiger partial charge in [-0.15, -0.1) is 8.19 Å². The standard InChI is InChI=1S/C12H9P.CH4O/c1-3-7-11-9(5-1)10-6-2-4-8-12(10)13-11;1-2/h1-8,13H;2H,1H3. The van der Waals surface area contributed by atoms with Crippen molar-refractivity contribution in [1.82, 2.24) is 0 Å². The van der Waals surface area contributed by atoms with Crippen LogP contribution in [0, 0.1) is 0 Å². The SMILES string of the molecule is CO.c1ccc2c(c1)[pH]c1ccccc12. The van der Waals surface area contributed by atoms with Crippen molar-refractivity contribution in [1.29, 1.82) is 0 Å². The molecule has 1 nitrogen and oxygen atoms in total. The normalized spacial score (nSPS) is 10.0. The van der Waals surface area contributed by atoms with Crippen molar-refractivity contribution >= 4 is 29.2 Å². The van der Waals surface area contributed by atoms with Crippen LogP contribution in [0.15, 0.2) is 48.5 Å². The highest BCUT2D eigenvalue weighted by molar-refractivity contribution is 7.43. The molecule has 0 atom stereocenters. The third-order valence-electron chi connectivity index (χ3n) is 2.41. The molecule has 0 saturated carbocycles. The number of hydrogen-bond donors (Lipinski definition) is 1. The van der Waals surface area contributed by atoms with Crippen LogP contribution in [0.25, 0.3) is 21.0 Å². The molecule has 2 heteroatoms. The van der Waals surface area contributed by atoms with Gasteiger partial charge in [-0.2, -0.15) is 0 Å². The van der Waals surface area contributed by atoms with E-state index in [1.54, 1.807) is 0 Å². The van der Waals surface area contributed by atoms with Crippen molar-refractivity contribution in [2.75, 3.05) is 7.11 Å². The summed E-state index contributed by atoms with van der Waals surface area (Å²) in [6.45, 7) is 0. The van der Waals surface area contributed by atoms with Gasteiger partial charge in [0.25, 0.3) is 0 Å². The van der Waals surface area contributed by atoms with Crippen molar-refractivity contribution < 1.29 is 5.11 Å². The van der Waals surface area contributed by atoms with Crippen molar-refractivity contribution in [3.8, 4) is 0 Å². The lowest BCUT2D eigenvalue weighted by Gasteiger charge is -1.89. The number of aliphatic hydroxyl groups is 1. The second kappa shape index (κ2) is 4.48. The first-order valence-electron chi connectivity index (χ1n) is 4.85. The van der Waals surface area contributed by atoms with Crippen LogP contribution in [-0.2, 0) is 0 Å². The second-order valence-corrected chi connectivity index (χ2v) is 4.54. The van der Waals surface area contributed by atoms with Gasteiger partial charge in [0.15, 0.2) is 0 Å². The predicted molar refractivity (Wildman–Crippen MR) is 69.1 cm³/mol. The van der Waals surface area contributed by atoms with E-state index >= 15 is 0 Å². The smallest absolute Gasteiger partial charge is 0.0319 e. The minimum absolute atomic E-state index is 0.851. The molecule has 0 aliphatic rings. The molecule has 1 heterocycles. The van der Waals surface area contributed by atoms with Gasteiger partial charge in [0.2, 0.25) is 0 Å². The first-order valence-corrected chi connectivity index (χ1v) is 5.85. The molecule has 0 spiro atoms. The molecule has 0 fully saturated rings. The van der Waals surface area contributed by atoms with Gasteiger partial charge in [0, 0.05) is 7.11 Å². The lowest BCUT2D eigenvalue weighted by Crippen LogP contribution is -1.62. The molecular formula is C13H13OP. The molecule has 0 amide bonds. The highest BCUT2D eigenvalue weighted by atomic mass is 31.0. The number of benzene rings is 2. The number of aliphatic hydroxyl groups excluding tert-OH is 1. The molecule has 3 rings (SSSR count). The average molecular weight is 216 g/mol. The fourth-order valence-corrected chi connectivity index (χ4v) is 3.15. The van der Waals surface area contributed by atoms with Crippen LogP contribution in [0.5, 0.6) is 0 Å². The second-order valence-electron chi connectivity index (χ2n) is 3.22. The molecule has 0 unspecified atom stereocenters. The molecule has 3 aromatic rings. The Kier molecular flexibility index (Phi) is 3.05. The summed E-state index contributed by atoms with van der Waals surface area (Å²) in [5, 5.41) is 12.8. The third-order valence-corrected chi connectivity index (χ3v) is 3.82. The molecule has 0 radical (unpaired) electrons. The Bertz CT molecular complexity index is 518. The molecule has 2 aromatic carbocycles. The van der Waals surface area contributed by atoms with E-state index in [2.05, 4.69) is 48.5 Å². The summed E-state index contributed by atoms with van der Waals surface area (Å²) in [4.78, 5) is 0. The maximum absolute atomic E-state index is 7.00. The summed E-state index contributed by atoms with van der Waals surface area (Å²) in [6.07, 6.45) is 0. The quantitative estimate of drug-likeness (QED) is 0.608. The zero-order valence-corrected chi connectivity index (χ0v) is 9.57. The van der Waals surface area contributed by atoms with E-state index in [1.165, 1.54) is 21.0 Å². The van der Waals surface area contributed by atoms with Gasteiger partial charge >= 0.3 is 0 Å². The monoisotopic (exact) mass is 216 g/mol. The Balaban J connectivity index is 0.000000404. The summed E-state index contributed by atoms with van der Waals surface area (Å²) < 4.78 is 0. The molecule has 15 heavy (non-hydrogen) atoms. The van der Waals surface area contributed by atoms with E-state index in [9.17, 15) is 0 Å². The molecule has 0 bridgehead atoms. The van der Waals surface area contributed by atoms with Crippen molar-refractivity contribution in [2.24, 2.45) is 0 Å². The Labute approximate surface area is 90.4 Å². The summed E-state index contributed by atoms with van der Waals surface area (Å²) in [5.41, 5.74) is 0. The van der Waals surface area contributed by atoms with Crippen LogP contribution in [0.2, 0.25) is 0 Å². The first-order chi connectivity index (χ1) is 7.45. The summed E-state index contributed by atoms with van der Waals surface area (Å²) >= 11 is 0. The minimum atomic E-state index is 0.851. The molecular weight excluding hydrogens is 203 g/mol. The van der Waals surface area contributed by atoms with Crippen molar-refractivity contribution in [2.45, 2.75) is 0 Å². The van der Waals surface area contributed by atoms with Gasteiger partial charge in [0.1, 0.15) is 0 Å². The number of fused-ring (bicyclic) bond motifs is 3. The molecule has 1 aromatic heterocycles. The van der Waals surface area contributed by atoms with Gasteiger partial charge in [-0.3, -0.25) is 0 Å². The van der Waals surface area contributed by atoms with E-state index in [1.807, 2.05) is 0 Å². The lowest BCUT2D eigenvalue weighted by molar-refractivity contribution is 0.399.